The third kappa shape index (κ3) is 51.7. The van der Waals surface area contributed by atoms with Gasteiger partial charge in [0.2, 0.25) is 0 Å². The van der Waals surface area contributed by atoms with E-state index in [-0.39, 0.29) is 26.2 Å². The number of phosphoric ester groups is 1. The van der Waals surface area contributed by atoms with E-state index < -0.39 is 19.9 Å². The Balaban J connectivity index is 4.27. The molecule has 0 amide bonds. The average molecular weight is 924 g/mol. The normalized spacial score (nSPS) is 14.6. The number of unbranched alkanes of at least 4 members (excludes halogenated alkanes) is 11. The number of carbonyl (C=O) groups is 1. The summed E-state index contributed by atoms with van der Waals surface area (Å²) < 4.78 is 34.6. The molecule has 0 saturated carbocycles. The Kier molecular flexibility index (Phi) is 45.1. The fourth-order valence-electron chi connectivity index (χ4n) is 6.21. The van der Waals surface area contributed by atoms with Crippen LogP contribution in [0.2, 0.25) is 0 Å². The fourth-order valence-corrected chi connectivity index (χ4v) is 6.94. The summed E-state index contributed by atoms with van der Waals surface area (Å²) in [5.74, 6) is -0.421. The third-order valence-corrected chi connectivity index (χ3v) is 11.0. The summed E-state index contributed by atoms with van der Waals surface area (Å²) in [4.78, 5) is 25.1. The number of quaternary nitrogens is 1. The second-order valence-corrected chi connectivity index (χ2v) is 18.8. The molecular weight excluding hydrogens is 830 g/mol. The average Bonchev–Trinajstić information content (AvgIpc) is 3.27. The molecule has 0 aromatic rings. The van der Waals surface area contributed by atoms with Crippen LogP contribution >= 0.6 is 7.82 Å². The molecule has 0 aliphatic heterocycles. The summed E-state index contributed by atoms with van der Waals surface area (Å²) >= 11 is 0. The first kappa shape index (κ1) is 61.9. The number of carbonyl (C=O) groups excluding carboxylic acids is 1. The number of esters is 1. The van der Waals surface area contributed by atoms with E-state index in [2.05, 4.69) is 123 Å². The van der Waals surface area contributed by atoms with Gasteiger partial charge in [-0.1, -0.05) is 193 Å². The summed E-state index contributed by atoms with van der Waals surface area (Å²) in [6, 6.07) is 0. The highest BCUT2D eigenvalue weighted by Gasteiger charge is 2.20. The maximum absolute atomic E-state index is 12.7. The molecule has 0 aliphatic rings. The van der Waals surface area contributed by atoms with Crippen LogP contribution in [-0.2, 0) is 27.9 Å². The number of hydrogen-bond acceptors (Lipinski definition) is 7. The van der Waals surface area contributed by atoms with Gasteiger partial charge in [-0.3, -0.25) is 9.36 Å². The van der Waals surface area contributed by atoms with Crippen molar-refractivity contribution in [2.24, 2.45) is 0 Å². The minimum atomic E-state index is -4.56. The van der Waals surface area contributed by atoms with Gasteiger partial charge in [-0.15, -0.1) is 0 Å². The second kappa shape index (κ2) is 47.4. The third-order valence-electron chi connectivity index (χ3n) is 10.0. The van der Waals surface area contributed by atoms with Crippen LogP contribution in [0.1, 0.15) is 168 Å². The smallest absolute Gasteiger partial charge is 0.306 e. The molecule has 2 unspecified atom stereocenters. The predicted molar refractivity (Wildman–Crippen MR) is 277 cm³/mol. The van der Waals surface area contributed by atoms with Crippen molar-refractivity contribution in [1.82, 2.24) is 0 Å². The highest BCUT2D eigenvalue weighted by atomic mass is 31.2. The Bertz CT molecular complexity index is 1450. The van der Waals surface area contributed by atoms with E-state index in [1.165, 1.54) is 64.2 Å². The Hall–Kier alpha value is -3.10. The van der Waals surface area contributed by atoms with Gasteiger partial charge in [-0.2, -0.15) is 0 Å². The Morgan fingerprint density at radius 1 is 0.477 bits per heavy atom. The molecule has 0 N–H and O–H groups in total. The van der Waals surface area contributed by atoms with Crippen molar-refractivity contribution in [2.45, 2.75) is 174 Å². The van der Waals surface area contributed by atoms with Crippen molar-refractivity contribution in [3.05, 3.63) is 122 Å². The molecule has 0 heterocycles. The lowest BCUT2D eigenvalue weighted by atomic mass is 10.1. The molecule has 0 aliphatic carbocycles. The molecule has 370 valence electrons. The predicted octanol–water partition coefficient (Wildman–Crippen LogP) is 15.1. The van der Waals surface area contributed by atoms with E-state index in [9.17, 15) is 14.3 Å². The lowest BCUT2D eigenvalue weighted by Gasteiger charge is -2.28. The topological polar surface area (TPSA) is 94.1 Å². The van der Waals surface area contributed by atoms with Crippen molar-refractivity contribution >= 4 is 13.8 Å². The molecule has 0 rings (SSSR count). The monoisotopic (exact) mass is 924 g/mol. The van der Waals surface area contributed by atoms with Gasteiger partial charge >= 0.3 is 5.97 Å². The summed E-state index contributed by atoms with van der Waals surface area (Å²) in [5, 5.41) is 0. The van der Waals surface area contributed by atoms with Crippen LogP contribution in [0.25, 0.3) is 0 Å². The van der Waals surface area contributed by atoms with E-state index in [1.54, 1.807) is 0 Å². The van der Waals surface area contributed by atoms with E-state index in [0.717, 1.165) is 77.0 Å². The minimum absolute atomic E-state index is 0.00491. The first-order valence-corrected chi connectivity index (χ1v) is 26.7. The molecule has 0 fully saturated rings. The maximum Gasteiger partial charge on any atom is 0.306 e. The zero-order chi connectivity index (χ0) is 47.6. The molecule has 9 heteroatoms. The lowest BCUT2D eigenvalue weighted by Crippen LogP contribution is -2.37. The first-order chi connectivity index (χ1) is 31.6. The van der Waals surface area contributed by atoms with Crippen molar-refractivity contribution < 1.29 is 37.3 Å². The molecule has 0 spiro atoms. The molecule has 2 atom stereocenters. The number of rotatable bonds is 45. The zero-order valence-electron chi connectivity index (χ0n) is 41.9. The van der Waals surface area contributed by atoms with Crippen LogP contribution < -0.4 is 4.89 Å². The molecule has 0 saturated heterocycles. The van der Waals surface area contributed by atoms with Crippen LogP contribution in [0, 0.1) is 0 Å². The first-order valence-electron chi connectivity index (χ1n) is 25.3. The van der Waals surface area contributed by atoms with Crippen molar-refractivity contribution in [3.63, 3.8) is 0 Å². The Morgan fingerprint density at radius 3 is 1.26 bits per heavy atom. The summed E-state index contributed by atoms with van der Waals surface area (Å²) in [7, 11) is 1.29. The second-order valence-electron chi connectivity index (χ2n) is 17.4. The number of nitrogens with zero attached hydrogens (tertiary/aromatic N) is 1. The molecule has 0 aromatic heterocycles. The van der Waals surface area contributed by atoms with Crippen molar-refractivity contribution in [3.8, 4) is 0 Å². The molecule has 0 bridgehead atoms. The van der Waals surface area contributed by atoms with E-state index in [4.69, 9.17) is 18.5 Å². The van der Waals surface area contributed by atoms with Gasteiger partial charge < -0.3 is 27.9 Å². The molecule has 0 radical (unpaired) electrons. The summed E-state index contributed by atoms with van der Waals surface area (Å²) in [6.07, 6.45) is 68.1. The van der Waals surface area contributed by atoms with Gasteiger partial charge in [-0.05, 0) is 89.9 Å². The van der Waals surface area contributed by atoms with Crippen LogP contribution in [-0.4, -0.2) is 70.7 Å². The van der Waals surface area contributed by atoms with Gasteiger partial charge in [0.1, 0.15) is 19.3 Å². The van der Waals surface area contributed by atoms with Gasteiger partial charge in [0.15, 0.2) is 0 Å². The fraction of sp³-hybridized carbons (Fsp3) is 0.625. The Labute approximate surface area is 399 Å². The van der Waals surface area contributed by atoms with Crippen LogP contribution in [0.5, 0.6) is 0 Å². The number of allylic oxidation sites excluding steroid dienone is 20. The van der Waals surface area contributed by atoms with Gasteiger partial charge in [-0.25, -0.2) is 0 Å². The van der Waals surface area contributed by atoms with Crippen LogP contribution in [0.15, 0.2) is 122 Å². The maximum atomic E-state index is 12.7. The molecule has 65 heavy (non-hydrogen) atoms. The number of likely N-dealkylation sites (N-methyl/N-ethyl adjacent to an activating group) is 1. The van der Waals surface area contributed by atoms with Crippen LogP contribution in [0.3, 0.4) is 0 Å². The lowest BCUT2D eigenvalue weighted by molar-refractivity contribution is -0.870. The molecule has 8 nitrogen and oxygen atoms in total. The van der Waals surface area contributed by atoms with Gasteiger partial charge in [0, 0.05) is 13.0 Å². The van der Waals surface area contributed by atoms with E-state index >= 15 is 0 Å². The minimum Gasteiger partial charge on any atom is -0.756 e. The molecule has 0 aromatic carbocycles. The van der Waals surface area contributed by atoms with Crippen molar-refractivity contribution in [1.29, 1.82) is 0 Å². The van der Waals surface area contributed by atoms with Crippen LogP contribution in [0.4, 0.5) is 0 Å². The highest BCUT2D eigenvalue weighted by Crippen LogP contribution is 2.38. The summed E-state index contributed by atoms with van der Waals surface area (Å²) in [5.41, 5.74) is 0. The van der Waals surface area contributed by atoms with Gasteiger partial charge in [0.25, 0.3) is 7.82 Å². The number of ether oxygens (including phenoxy) is 2. The standard InChI is InChI=1S/C56H94NO7P/c1-6-8-10-12-14-16-18-20-22-24-26-27-28-29-30-32-34-36-38-40-42-44-46-48-51-61-53-55(54-63-65(59,60)62-52-50-57(3,4)5)64-56(58)49-47-45-43-41-39-37-35-33-31-25-23-21-19-17-15-13-11-9-7-2/h8-11,14-17,20-23,26-27,31,33,37,39,43,45,55H,6-7,12-13,18-19,24-25,28-30,32,34-36,38,40-42,44,46-54H2,1-5H3/b10-8-,11-9-,16-14-,17-15-,22-20-,23-21-,27-26-,33-31-,39-37-,45-43-. The summed E-state index contributed by atoms with van der Waals surface area (Å²) in [6.45, 7) is 5.05. The van der Waals surface area contributed by atoms with E-state index in [1.807, 2.05) is 33.3 Å². The van der Waals surface area contributed by atoms with E-state index in [0.29, 0.717) is 24.1 Å². The SMILES string of the molecule is CC/C=C\C/C=C\C/C=C\C/C=C\C/C=C\C/C=C\CCC(=O)OC(COCCCCCCCCCCCCC/C=C\C/C=C\C/C=C\C/C=C\CC)COP(=O)([O-])OCC[N+](C)(C)C. The molecular formula is C56H94NO7P. The Morgan fingerprint density at radius 2 is 0.846 bits per heavy atom. The highest BCUT2D eigenvalue weighted by molar-refractivity contribution is 7.45. The van der Waals surface area contributed by atoms with Crippen molar-refractivity contribution in [2.75, 3.05) is 54.1 Å². The quantitative estimate of drug-likeness (QED) is 0.0197. The number of hydrogen-bond donors (Lipinski definition) is 0. The zero-order valence-corrected chi connectivity index (χ0v) is 42.8. The largest absolute Gasteiger partial charge is 0.756 e. The van der Waals surface area contributed by atoms with Gasteiger partial charge in [0.05, 0.1) is 34.4 Å². The number of phosphoric acid groups is 1.